The largest absolute Gasteiger partial charge is 0.497 e. The lowest BCUT2D eigenvalue weighted by Crippen LogP contribution is -2.48. The van der Waals surface area contributed by atoms with E-state index in [2.05, 4.69) is 15.6 Å². The lowest BCUT2D eigenvalue weighted by atomic mass is 10.2. The number of likely N-dealkylation sites (N-methyl/N-ethyl adjacent to an activating group) is 1. The molecule has 2 amide bonds. The summed E-state index contributed by atoms with van der Waals surface area (Å²) < 4.78 is 10.6. The molecule has 1 saturated heterocycles. The van der Waals surface area contributed by atoms with Crippen LogP contribution in [0.1, 0.15) is 32.8 Å². The van der Waals surface area contributed by atoms with Gasteiger partial charge in [-0.3, -0.25) is 4.79 Å². The van der Waals surface area contributed by atoms with Gasteiger partial charge in [0.1, 0.15) is 11.4 Å². The van der Waals surface area contributed by atoms with Crippen molar-refractivity contribution in [2.75, 3.05) is 40.8 Å². The highest BCUT2D eigenvalue weighted by molar-refractivity contribution is 14.0. The van der Waals surface area contributed by atoms with E-state index < -0.39 is 5.60 Å². The van der Waals surface area contributed by atoms with Crippen LogP contribution in [0.2, 0.25) is 0 Å². The van der Waals surface area contributed by atoms with Gasteiger partial charge in [-0.15, -0.1) is 24.0 Å². The average molecular weight is 561 g/mol. The second-order valence-electron chi connectivity index (χ2n) is 8.71. The van der Waals surface area contributed by atoms with Gasteiger partial charge in [-0.25, -0.2) is 9.79 Å². The quantitative estimate of drug-likeness (QED) is 0.315. The molecule has 1 aliphatic rings. The van der Waals surface area contributed by atoms with Gasteiger partial charge in [0, 0.05) is 33.2 Å². The third-order valence-corrected chi connectivity index (χ3v) is 4.67. The van der Waals surface area contributed by atoms with Gasteiger partial charge >= 0.3 is 6.09 Å². The number of carbonyl (C=O) groups excluding carboxylic acids is 2. The predicted molar refractivity (Wildman–Crippen MR) is 136 cm³/mol. The van der Waals surface area contributed by atoms with Crippen LogP contribution in [0.4, 0.5) is 4.79 Å². The van der Waals surface area contributed by atoms with Crippen LogP contribution in [0, 0.1) is 0 Å². The van der Waals surface area contributed by atoms with Gasteiger partial charge in [0.15, 0.2) is 5.96 Å². The van der Waals surface area contributed by atoms with E-state index in [1.807, 2.05) is 45.0 Å². The molecule has 180 valence electrons. The second-order valence-corrected chi connectivity index (χ2v) is 8.71. The summed E-state index contributed by atoms with van der Waals surface area (Å²) in [4.78, 5) is 32.1. The molecule has 0 saturated carbocycles. The Kier molecular flexibility index (Phi) is 11.0. The van der Waals surface area contributed by atoms with Crippen molar-refractivity contribution in [3.05, 3.63) is 29.8 Å². The maximum absolute atomic E-state index is 12.3. The summed E-state index contributed by atoms with van der Waals surface area (Å²) >= 11 is 0. The summed E-state index contributed by atoms with van der Waals surface area (Å²) in [6.45, 7) is 7.25. The molecule has 1 atom stereocenters. The minimum Gasteiger partial charge on any atom is -0.497 e. The van der Waals surface area contributed by atoms with Gasteiger partial charge in [0.25, 0.3) is 0 Å². The van der Waals surface area contributed by atoms with Gasteiger partial charge < -0.3 is 29.9 Å². The van der Waals surface area contributed by atoms with Crippen molar-refractivity contribution in [2.24, 2.45) is 4.99 Å². The Morgan fingerprint density at radius 3 is 2.44 bits per heavy atom. The number of hydrogen-bond acceptors (Lipinski definition) is 5. The zero-order valence-electron chi connectivity index (χ0n) is 19.8. The molecule has 9 nitrogen and oxygen atoms in total. The first kappa shape index (κ1) is 27.8. The molecule has 0 radical (unpaired) electrons. The van der Waals surface area contributed by atoms with E-state index in [0.29, 0.717) is 25.6 Å². The molecule has 1 heterocycles. The van der Waals surface area contributed by atoms with Crippen LogP contribution in [0.25, 0.3) is 0 Å². The summed E-state index contributed by atoms with van der Waals surface area (Å²) in [5.74, 6) is 1.26. The highest BCUT2D eigenvalue weighted by atomic mass is 127. The molecule has 1 aromatic rings. The molecule has 32 heavy (non-hydrogen) atoms. The molecular formula is C22H36IN5O4. The number of carbonyl (C=O) groups is 2. The SMILES string of the molecule is COc1ccc(CN=C(NCC(=O)N(C)C)NC2CCN(C(=O)OC(C)(C)C)C2)cc1.I. The highest BCUT2D eigenvalue weighted by Crippen LogP contribution is 2.15. The van der Waals surface area contributed by atoms with Crippen LogP contribution in [0.5, 0.6) is 5.75 Å². The number of methoxy groups -OCH3 is 1. The normalized spacial score (nSPS) is 16.1. The zero-order valence-corrected chi connectivity index (χ0v) is 22.1. The lowest BCUT2D eigenvalue weighted by molar-refractivity contribution is -0.127. The first-order chi connectivity index (χ1) is 14.6. The molecule has 0 aliphatic carbocycles. The number of aliphatic imine (C=N–C) groups is 1. The number of amides is 2. The van der Waals surface area contributed by atoms with E-state index >= 15 is 0 Å². The van der Waals surface area contributed by atoms with Crippen molar-refractivity contribution in [3.8, 4) is 5.75 Å². The summed E-state index contributed by atoms with van der Waals surface area (Å²) in [5, 5.41) is 6.44. The molecule has 1 aromatic carbocycles. The van der Waals surface area contributed by atoms with Crippen molar-refractivity contribution in [3.63, 3.8) is 0 Å². The van der Waals surface area contributed by atoms with E-state index in [0.717, 1.165) is 17.7 Å². The maximum atomic E-state index is 12.3. The molecule has 2 rings (SSSR count). The van der Waals surface area contributed by atoms with Crippen LogP contribution < -0.4 is 15.4 Å². The fourth-order valence-corrected chi connectivity index (χ4v) is 2.94. The molecule has 1 fully saturated rings. The Morgan fingerprint density at radius 1 is 1.22 bits per heavy atom. The van der Waals surface area contributed by atoms with Crippen LogP contribution in [-0.2, 0) is 16.1 Å². The van der Waals surface area contributed by atoms with Crippen molar-refractivity contribution < 1.29 is 19.1 Å². The first-order valence-electron chi connectivity index (χ1n) is 10.4. The molecule has 0 bridgehead atoms. The smallest absolute Gasteiger partial charge is 0.410 e. The number of ether oxygens (including phenoxy) is 2. The second kappa shape index (κ2) is 12.7. The van der Waals surface area contributed by atoms with Crippen LogP contribution in [0.3, 0.4) is 0 Å². The Labute approximate surface area is 207 Å². The number of halogens is 1. The number of nitrogens with one attached hydrogen (secondary N) is 2. The average Bonchev–Trinajstić information content (AvgIpc) is 3.17. The van der Waals surface area contributed by atoms with E-state index in [-0.39, 0.29) is 48.6 Å². The topological polar surface area (TPSA) is 95.5 Å². The molecule has 1 unspecified atom stereocenters. The maximum Gasteiger partial charge on any atom is 0.410 e. The van der Waals surface area contributed by atoms with E-state index in [9.17, 15) is 9.59 Å². The fraction of sp³-hybridized carbons (Fsp3) is 0.591. The minimum atomic E-state index is -0.526. The van der Waals surface area contributed by atoms with E-state index in [4.69, 9.17) is 9.47 Å². The lowest BCUT2D eigenvalue weighted by Gasteiger charge is -2.24. The third-order valence-electron chi connectivity index (χ3n) is 4.67. The molecule has 10 heteroatoms. The minimum absolute atomic E-state index is 0. The van der Waals surface area contributed by atoms with Crippen LogP contribution >= 0.6 is 24.0 Å². The Hall–Kier alpha value is -2.24. The standard InChI is InChI=1S/C22H35N5O4.HI/c1-22(2,3)31-21(29)27-12-11-17(15-27)25-20(24-14-19(28)26(4)5)23-13-16-7-9-18(30-6)10-8-16;/h7-10,17H,11-15H2,1-6H3,(H2,23,24,25);1H. The van der Waals surface area contributed by atoms with Gasteiger partial charge in [0.05, 0.1) is 20.2 Å². The van der Waals surface area contributed by atoms with Crippen molar-refractivity contribution in [1.82, 2.24) is 20.4 Å². The monoisotopic (exact) mass is 561 g/mol. The van der Waals surface area contributed by atoms with Crippen molar-refractivity contribution in [2.45, 2.75) is 45.4 Å². The van der Waals surface area contributed by atoms with Gasteiger partial charge in [-0.05, 0) is 44.9 Å². The Morgan fingerprint density at radius 2 is 1.88 bits per heavy atom. The molecule has 0 spiro atoms. The summed E-state index contributed by atoms with van der Waals surface area (Å²) in [6, 6.07) is 7.69. The Balaban J connectivity index is 0.00000512. The summed E-state index contributed by atoms with van der Waals surface area (Å²) in [5.41, 5.74) is 0.490. The summed E-state index contributed by atoms with van der Waals surface area (Å²) in [6.07, 6.45) is 0.452. The number of guanidine groups is 1. The molecule has 1 aliphatic heterocycles. The van der Waals surface area contributed by atoms with Crippen LogP contribution in [0.15, 0.2) is 29.3 Å². The van der Waals surface area contributed by atoms with Gasteiger partial charge in [-0.2, -0.15) is 0 Å². The molecule has 0 aromatic heterocycles. The molecule has 2 N–H and O–H groups in total. The number of benzene rings is 1. The van der Waals surface area contributed by atoms with Gasteiger partial charge in [-0.1, -0.05) is 12.1 Å². The number of likely N-dealkylation sites (tertiary alicyclic amines) is 1. The van der Waals surface area contributed by atoms with Crippen molar-refractivity contribution in [1.29, 1.82) is 0 Å². The third kappa shape index (κ3) is 9.49. The Bertz CT molecular complexity index is 778. The number of hydrogen-bond donors (Lipinski definition) is 2. The van der Waals surface area contributed by atoms with Gasteiger partial charge in [0.2, 0.25) is 5.91 Å². The van der Waals surface area contributed by atoms with E-state index in [1.165, 1.54) is 4.90 Å². The van der Waals surface area contributed by atoms with Crippen LogP contribution in [-0.4, -0.2) is 80.2 Å². The number of rotatable bonds is 6. The fourth-order valence-electron chi connectivity index (χ4n) is 2.94. The summed E-state index contributed by atoms with van der Waals surface area (Å²) in [7, 11) is 5.05. The number of nitrogens with zero attached hydrogens (tertiary/aromatic N) is 3. The first-order valence-corrected chi connectivity index (χ1v) is 10.4. The highest BCUT2D eigenvalue weighted by Gasteiger charge is 2.30. The van der Waals surface area contributed by atoms with Crippen molar-refractivity contribution >= 4 is 41.9 Å². The zero-order chi connectivity index (χ0) is 23.0. The van der Waals surface area contributed by atoms with E-state index in [1.54, 1.807) is 26.1 Å². The molecular weight excluding hydrogens is 525 g/mol. The predicted octanol–water partition coefficient (Wildman–Crippen LogP) is 2.45.